The number of aromatic nitrogens is 1. The van der Waals surface area contributed by atoms with Crippen molar-refractivity contribution in [2.75, 3.05) is 7.05 Å². The monoisotopic (exact) mass is 493 g/mol. The first-order valence-corrected chi connectivity index (χ1v) is 10.6. The van der Waals surface area contributed by atoms with E-state index >= 15 is 0 Å². The summed E-state index contributed by atoms with van der Waals surface area (Å²) < 4.78 is 44.3. The number of amides is 2. The smallest absolute Gasteiger partial charge is 0.408 e. The van der Waals surface area contributed by atoms with Crippen molar-refractivity contribution in [2.45, 2.75) is 59.7 Å². The second-order valence-electron chi connectivity index (χ2n) is 8.87. The maximum Gasteiger partial charge on any atom is 0.408 e. The van der Waals surface area contributed by atoms with Gasteiger partial charge in [0.25, 0.3) is 5.91 Å². The van der Waals surface area contributed by atoms with Gasteiger partial charge in [0, 0.05) is 20.0 Å². The molecule has 10 nitrogen and oxygen atoms in total. The van der Waals surface area contributed by atoms with Crippen LogP contribution in [0.5, 0.6) is 0 Å². The van der Waals surface area contributed by atoms with Crippen LogP contribution in [-0.4, -0.2) is 52.4 Å². The summed E-state index contributed by atoms with van der Waals surface area (Å²) >= 11 is 0. The van der Waals surface area contributed by atoms with Gasteiger partial charge in [-0.25, -0.2) is 18.6 Å². The third-order valence-electron chi connectivity index (χ3n) is 4.60. The summed E-state index contributed by atoms with van der Waals surface area (Å²) in [5.74, 6) is -3.58. The van der Waals surface area contributed by atoms with Gasteiger partial charge in [-0.3, -0.25) is 15.6 Å². The number of carbonyl (C=O) groups excluding carboxylic acids is 2. The average Bonchev–Trinajstić information content (AvgIpc) is 3.02. The summed E-state index contributed by atoms with van der Waals surface area (Å²) in [4.78, 5) is 30.0. The van der Waals surface area contributed by atoms with E-state index in [0.717, 1.165) is 6.07 Å². The van der Waals surface area contributed by atoms with Crippen LogP contribution in [-0.2, 0) is 16.0 Å². The molecule has 0 saturated heterocycles. The molecule has 0 saturated carbocycles. The van der Waals surface area contributed by atoms with Gasteiger partial charge in [0.15, 0.2) is 5.89 Å². The maximum atomic E-state index is 14.5. The molecule has 190 valence electrons. The lowest BCUT2D eigenvalue weighted by Crippen LogP contribution is -2.42. The molecule has 1 aromatic heterocycles. The number of aryl methyl sites for hydroxylation is 2. The van der Waals surface area contributed by atoms with Crippen LogP contribution >= 0.6 is 0 Å². The van der Waals surface area contributed by atoms with Gasteiger partial charge in [-0.15, -0.1) is 0 Å². The molecule has 0 radical (unpaired) electrons. The number of carbonyl (C=O) groups is 2. The molecule has 3 N–H and O–H groups in total. The Morgan fingerprint density at radius 2 is 1.77 bits per heavy atom. The average molecular weight is 494 g/mol. The van der Waals surface area contributed by atoms with Crippen LogP contribution in [0, 0.1) is 36.3 Å². The molecular formula is C23H29F2N5O5. The zero-order chi connectivity index (χ0) is 26.7. The van der Waals surface area contributed by atoms with E-state index in [9.17, 15) is 18.4 Å². The SMILES string of the molecule is Cc1nc(CN(C)C(=O)c2cc(C(=N)OC(=N)C(C)NC(=O)OC(C)(C)C)c(F)cc2F)c(C)o1. The lowest BCUT2D eigenvalue weighted by molar-refractivity contribution is 0.0517. The first-order valence-electron chi connectivity index (χ1n) is 10.6. The Morgan fingerprint density at radius 3 is 2.31 bits per heavy atom. The van der Waals surface area contributed by atoms with Crippen molar-refractivity contribution < 1.29 is 32.3 Å². The Bertz CT molecular complexity index is 1160. The normalized spacial score (nSPS) is 12.0. The highest BCUT2D eigenvalue weighted by molar-refractivity contribution is 6.03. The van der Waals surface area contributed by atoms with E-state index < -0.39 is 58.2 Å². The van der Waals surface area contributed by atoms with Gasteiger partial charge < -0.3 is 24.1 Å². The summed E-state index contributed by atoms with van der Waals surface area (Å²) in [6.45, 7) is 9.73. The highest BCUT2D eigenvalue weighted by atomic mass is 19.1. The second-order valence-corrected chi connectivity index (χ2v) is 8.87. The summed E-state index contributed by atoms with van der Waals surface area (Å²) in [6, 6.07) is 0.285. The number of hydrogen-bond donors (Lipinski definition) is 3. The quantitative estimate of drug-likeness (QED) is 0.409. The number of alkyl carbamates (subject to hydrolysis) is 1. The Hall–Kier alpha value is -3.83. The van der Waals surface area contributed by atoms with Crippen LogP contribution in [0.25, 0.3) is 0 Å². The van der Waals surface area contributed by atoms with E-state index in [2.05, 4.69) is 10.3 Å². The van der Waals surface area contributed by atoms with E-state index in [-0.39, 0.29) is 6.54 Å². The molecule has 2 amide bonds. The minimum atomic E-state index is -1.16. The van der Waals surface area contributed by atoms with Gasteiger partial charge in [0.1, 0.15) is 34.7 Å². The van der Waals surface area contributed by atoms with Crippen molar-refractivity contribution in [3.63, 3.8) is 0 Å². The van der Waals surface area contributed by atoms with Crippen molar-refractivity contribution in [1.29, 1.82) is 10.8 Å². The van der Waals surface area contributed by atoms with E-state index in [1.54, 1.807) is 34.6 Å². The molecule has 1 unspecified atom stereocenters. The molecule has 2 aromatic rings. The van der Waals surface area contributed by atoms with E-state index in [1.165, 1.54) is 18.9 Å². The Morgan fingerprint density at radius 1 is 1.17 bits per heavy atom. The van der Waals surface area contributed by atoms with Crippen LogP contribution in [0.1, 0.15) is 61.0 Å². The molecule has 2 rings (SSSR count). The van der Waals surface area contributed by atoms with Gasteiger partial charge in [-0.05, 0) is 40.7 Å². The van der Waals surface area contributed by atoms with Crippen LogP contribution in [0.2, 0.25) is 0 Å². The first kappa shape index (κ1) is 27.4. The fraction of sp³-hybridized carbons (Fsp3) is 0.435. The molecule has 0 aliphatic heterocycles. The summed E-state index contributed by atoms with van der Waals surface area (Å²) in [7, 11) is 1.41. The van der Waals surface area contributed by atoms with E-state index in [0.29, 0.717) is 23.4 Å². The third kappa shape index (κ3) is 7.33. The molecule has 1 atom stereocenters. The fourth-order valence-electron chi connectivity index (χ4n) is 2.91. The Balaban J connectivity index is 2.15. The van der Waals surface area contributed by atoms with Gasteiger partial charge in [0.05, 0.1) is 17.7 Å². The first-order chi connectivity index (χ1) is 16.1. The van der Waals surface area contributed by atoms with Crippen LogP contribution in [0.3, 0.4) is 0 Å². The lowest BCUT2D eigenvalue weighted by atomic mass is 10.1. The molecule has 35 heavy (non-hydrogen) atoms. The predicted octanol–water partition coefficient (Wildman–Crippen LogP) is 4.07. The third-order valence-corrected chi connectivity index (χ3v) is 4.60. The van der Waals surface area contributed by atoms with Crippen LogP contribution in [0.4, 0.5) is 13.6 Å². The van der Waals surface area contributed by atoms with Crippen molar-refractivity contribution in [2.24, 2.45) is 0 Å². The standard InChI is InChI=1S/C23H29F2N5O5/c1-11(28-22(32)35-23(4,5)6)19(26)34-20(27)14-8-15(17(25)9-16(14)24)21(31)30(7)10-18-12(2)33-13(3)29-18/h8-9,11,26-27H,10H2,1-7H3,(H,28,32). The number of nitrogens with zero attached hydrogens (tertiary/aromatic N) is 2. The highest BCUT2D eigenvalue weighted by Gasteiger charge is 2.25. The van der Waals surface area contributed by atoms with Crippen molar-refractivity contribution in [1.82, 2.24) is 15.2 Å². The Kier molecular flexibility index (Phi) is 8.32. The molecule has 1 aromatic carbocycles. The second kappa shape index (κ2) is 10.6. The number of hydrogen-bond acceptors (Lipinski definition) is 8. The minimum Gasteiger partial charge on any atom is -0.446 e. The predicted molar refractivity (Wildman–Crippen MR) is 123 cm³/mol. The van der Waals surface area contributed by atoms with Gasteiger partial charge in [-0.1, -0.05) is 0 Å². The van der Waals surface area contributed by atoms with Crippen molar-refractivity contribution in [3.05, 3.63) is 52.2 Å². The number of halogens is 2. The molecule has 0 aliphatic rings. The highest BCUT2D eigenvalue weighted by Crippen LogP contribution is 2.20. The zero-order valence-electron chi connectivity index (χ0n) is 20.6. The Labute approximate surface area is 201 Å². The van der Waals surface area contributed by atoms with E-state index in [1.807, 2.05) is 0 Å². The van der Waals surface area contributed by atoms with Crippen molar-refractivity contribution in [3.8, 4) is 0 Å². The maximum absolute atomic E-state index is 14.5. The number of ether oxygens (including phenoxy) is 2. The number of rotatable bonds is 6. The van der Waals surface area contributed by atoms with E-state index in [4.69, 9.17) is 24.7 Å². The largest absolute Gasteiger partial charge is 0.446 e. The molecule has 0 aliphatic carbocycles. The summed E-state index contributed by atoms with van der Waals surface area (Å²) in [5.41, 5.74) is -1.32. The summed E-state index contributed by atoms with van der Waals surface area (Å²) in [6.07, 6.45) is -0.814. The molecule has 0 fully saturated rings. The van der Waals surface area contributed by atoms with Gasteiger partial charge in [0.2, 0.25) is 11.8 Å². The molecule has 0 bridgehead atoms. The van der Waals surface area contributed by atoms with Crippen molar-refractivity contribution >= 4 is 23.8 Å². The number of oxazole rings is 1. The van der Waals surface area contributed by atoms with Gasteiger partial charge in [-0.2, -0.15) is 0 Å². The zero-order valence-corrected chi connectivity index (χ0v) is 20.6. The van der Waals surface area contributed by atoms with Gasteiger partial charge >= 0.3 is 6.09 Å². The minimum absolute atomic E-state index is 0.0145. The lowest BCUT2D eigenvalue weighted by Gasteiger charge is -2.22. The molecule has 0 spiro atoms. The molecular weight excluding hydrogens is 464 g/mol. The fourth-order valence-corrected chi connectivity index (χ4v) is 2.91. The molecule has 1 heterocycles. The van der Waals surface area contributed by atoms with Crippen LogP contribution in [0.15, 0.2) is 16.5 Å². The summed E-state index contributed by atoms with van der Waals surface area (Å²) in [5, 5.41) is 18.3. The number of nitrogens with one attached hydrogen (secondary N) is 3. The topological polar surface area (TPSA) is 142 Å². The molecule has 12 heteroatoms. The van der Waals surface area contributed by atoms with Crippen LogP contribution < -0.4 is 5.32 Å². The number of benzene rings is 1.